The molecule has 1 saturated carbocycles. The van der Waals surface area contributed by atoms with Gasteiger partial charge in [-0.2, -0.15) is 12.3 Å². The van der Waals surface area contributed by atoms with Gasteiger partial charge in [0, 0.05) is 0 Å². The second kappa shape index (κ2) is 6.15. The van der Waals surface area contributed by atoms with Crippen molar-refractivity contribution in [1.29, 1.82) is 0 Å². The zero-order valence-corrected chi connectivity index (χ0v) is 10.8. The van der Waals surface area contributed by atoms with Gasteiger partial charge in [-0.1, -0.05) is 45.4 Å². The molecule has 0 bridgehead atoms. The fourth-order valence-electron chi connectivity index (χ4n) is 1.78. The van der Waals surface area contributed by atoms with Gasteiger partial charge < -0.3 is 6.42 Å². The van der Waals surface area contributed by atoms with Gasteiger partial charge in [-0.05, 0) is 1.37 Å². The summed E-state index contributed by atoms with van der Waals surface area (Å²) in [6, 6.07) is 0. The van der Waals surface area contributed by atoms with Crippen molar-refractivity contribution in [3.8, 4) is 0 Å². The molecule has 1 fully saturated rings. The summed E-state index contributed by atoms with van der Waals surface area (Å²) in [6.07, 6.45) is 4.04. The summed E-state index contributed by atoms with van der Waals surface area (Å²) in [5.74, 6) is 1.64. The van der Waals surface area contributed by atoms with E-state index in [1.807, 2.05) is 0 Å². The van der Waals surface area contributed by atoms with Crippen molar-refractivity contribution in [1.82, 2.24) is 0 Å². The minimum absolute atomic E-state index is 0. The number of hydrogen-bond donors (Lipinski definition) is 0. The average molecular weight is 177 g/mol. The Morgan fingerprint density at radius 3 is 2.55 bits per heavy atom. The molecule has 1 aliphatic carbocycles. The molecule has 0 heterocycles. The predicted octanol–water partition coefficient (Wildman–Crippen LogP) is -0.0847. The van der Waals surface area contributed by atoms with Crippen molar-refractivity contribution in [2.75, 3.05) is 0 Å². The third kappa shape index (κ3) is 3.11. The first kappa shape index (κ1) is 10.7. The Morgan fingerprint density at radius 2 is 2.18 bits per heavy atom. The Bertz CT molecular complexity index is 127. The van der Waals surface area contributed by atoms with Crippen molar-refractivity contribution in [3.63, 3.8) is 0 Å². The van der Waals surface area contributed by atoms with Crippen LogP contribution in [-0.4, -0.2) is 0 Å². The molecule has 0 aromatic carbocycles. The number of hydrogen-bond acceptors (Lipinski definition) is 0. The molecule has 0 nitrogen and oxygen atoms in total. The summed E-state index contributed by atoms with van der Waals surface area (Å²) in [6.45, 7) is 9.96. The van der Waals surface area contributed by atoms with E-state index in [0.29, 0.717) is 17.8 Å². The van der Waals surface area contributed by atoms with Gasteiger partial charge in [0.15, 0.2) is 0 Å². The van der Waals surface area contributed by atoms with E-state index in [0.717, 1.165) is 12.8 Å². The molecule has 58 valence electrons. The summed E-state index contributed by atoms with van der Waals surface area (Å²) < 4.78 is 7.69. The topological polar surface area (TPSA) is 0 Å². The summed E-state index contributed by atoms with van der Waals surface area (Å²) in [5.41, 5.74) is 0. The molecular weight excluding hydrogens is 159 g/mol. The molecule has 4 atom stereocenters. The van der Waals surface area contributed by atoms with Gasteiger partial charge in [0.25, 0.3) is 0 Å². The van der Waals surface area contributed by atoms with Crippen LogP contribution >= 0.6 is 0 Å². The zero-order chi connectivity index (χ0) is 8.43. The van der Waals surface area contributed by atoms with Crippen LogP contribution in [0.25, 0.3) is 0 Å². The molecule has 1 rings (SSSR count). The van der Waals surface area contributed by atoms with Crippen LogP contribution in [0.3, 0.4) is 0 Å². The third-order valence-electron chi connectivity index (χ3n) is 2.55. The minimum atomic E-state index is 0. The van der Waals surface area contributed by atoms with Crippen molar-refractivity contribution in [3.05, 3.63) is 20.3 Å². The van der Waals surface area contributed by atoms with Crippen LogP contribution in [-0.2, 0) is 0 Å². The van der Waals surface area contributed by atoms with E-state index in [1.165, 1.54) is 0 Å². The first-order valence-electron chi connectivity index (χ1n) is 4.64. The number of rotatable bonds is 2. The molecule has 0 amide bonds. The van der Waals surface area contributed by atoms with Gasteiger partial charge in [0.1, 0.15) is 0 Å². The molecule has 4 unspecified atom stereocenters. The standard InChI is InChI=1S/C10H17.K/c1-4-9-7-6-8(3)10(9)5-2;/h7-10H,1-2,4-6H2,3H3;/q-1;+1/i6D;. The van der Waals surface area contributed by atoms with Gasteiger partial charge in [0.2, 0.25) is 0 Å². The fraction of sp³-hybridized carbons (Fsp3) is 0.700. The molecule has 0 spiro atoms. The van der Waals surface area contributed by atoms with E-state index >= 15 is 0 Å². The first-order valence-corrected chi connectivity index (χ1v) is 4.06. The van der Waals surface area contributed by atoms with Gasteiger partial charge in [-0.15, -0.1) is 0 Å². The average Bonchev–Trinajstić information content (AvgIpc) is 2.28. The van der Waals surface area contributed by atoms with E-state index < -0.39 is 0 Å². The van der Waals surface area contributed by atoms with Crippen molar-refractivity contribution < 1.29 is 52.8 Å². The largest absolute Gasteiger partial charge is 1.00 e. The van der Waals surface area contributed by atoms with Crippen molar-refractivity contribution in [2.24, 2.45) is 17.8 Å². The maximum Gasteiger partial charge on any atom is 1.00 e. The van der Waals surface area contributed by atoms with Crippen molar-refractivity contribution in [2.45, 2.75) is 26.2 Å². The first-order chi connectivity index (χ1) is 5.20. The van der Waals surface area contributed by atoms with Gasteiger partial charge in [0.05, 0.1) is 0 Å². The van der Waals surface area contributed by atoms with E-state index in [9.17, 15) is 0 Å². The van der Waals surface area contributed by atoms with Crippen LogP contribution in [0.1, 0.15) is 27.5 Å². The second-order valence-electron chi connectivity index (χ2n) is 3.15. The Labute approximate surface area is 115 Å². The van der Waals surface area contributed by atoms with Crippen molar-refractivity contribution >= 4 is 0 Å². The second-order valence-corrected chi connectivity index (χ2v) is 3.15. The minimum Gasteiger partial charge on any atom is -0.325 e. The van der Waals surface area contributed by atoms with E-state index in [2.05, 4.69) is 27.2 Å². The third-order valence-corrected chi connectivity index (χ3v) is 2.55. The SMILES string of the molecule is [2H]C1[CH-]C(C[CH2])C(C[CH2])C1C.[K+]. The van der Waals surface area contributed by atoms with E-state index in [1.54, 1.807) is 0 Å². The van der Waals surface area contributed by atoms with Gasteiger partial charge in [-0.25, -0.2) is 0 Å². The van der Waals surface area contributed by atoms with Crippen LogP contribution in [0.5, 0.6) is 0 Å². The Hall–Kier alpha value is 1.64. The normalized spacial score (nSPS) is 44.8. The molecule has 0 aliphatic heterocycles. The molecule has 2 radical (unpaired) electrons. The summed E-state index contributed by atoms with van der Waals surface area (Å²) in [7, 11) is 0. The van der Waals surface area contributed by atoms with Crippen LogP contribution in [0, 0.1) is 38.0 Å². The zero-order valence-electron chi connectivity index (χ0n) is 8.72. The van der Waals surface area contributed by atoms with E-state index in [4.69, 9.17) is 1.37 Å². The molecular formula is C10H17K. The molecule has 0 N–H and O–H groups in total. The maximum atomic E-state index is 7.69. The van der Waals surface area contributed by atoms with Crippen LogP contribution in [0.15, 0.2) is 0 Å². The molecule has 0 aromatic rings. The van der Waals surface area contributed by atoms with Crippen LogP contribution in [0.4, 0.5) is 0 Å². The summed E-state index contributed by atoms with van der Waals surface area (Å²) >= 11 is 0. The fourth-order valence-corrected chi connectivity index (χ4v) is 1.78. The van der Waals surface area contributed by atoms with Gasteiger partial charge in [-0.3, -0.25) is 0 Å². The Kier molecular flexibility index (Phi) is 5.99. The van der Waals surface area contributed by atoms with Crippen LogP contribution in [0.2, 0.25) is 0 Å². The summed E-state index contributed by atoms with van der Waals surface area (Å²) in [5, 5.41) is 0. The molecule has 1 heteroatoms. The van der Waals surface area contributed by atoms with Crippen LogP contribution < -0.4 is 51.4 Å². The predicted molar refractivity (Wildman–Crippen MR) is 45.0 cm³/mol. The smallest absolute Gasteiger partial charge is 0.325 e. The Balaban J connectivity index is 0.00000121. The maximum absolute atomic E-state index is 7.69. The molecule has 11 heavy (non-hydrogen) atoms. The quantitative estimate of drug-likeness (QED) is 0.409. The summed E-state index contributed by atoms with van der Waals surface area (Å²) in [4.78, 5) is 0. The molecule has 0 aromatic heterocycles. The molecule has 0 saturated heterocycles. The van der Waals surface area contributed by atoms with Gasteiger partial charge >= 0.3 is 51.4 Å². The van der Waals surface area contributed by atoms with E-state index in [-0.39, 0.29) is 57.8 Å². The monoisotopic (exact) mass is 177 g/mol. The Morgan fingerprint density at radius 1 is 1.55 bits per heavy atom. The molecule has 1 aliphatic rings.